The van der Waals surface area contributed by atoms with Crippen molar-refractivity contribution < 1.29 is 24.2 Å². The molecule has 3 aliphatic rings. The van der Waals surface area contributed by atoms with Crippen LogP contribution in [0.3, 0.4) is 0 Å². The molecule has 2 aromatic carbocycles. The molecule has 7 heteroatoms. The first-order valence-electron chi connectivity index (χ1n) is 12.3. The van der Waals surface area contributed by atoms with Crippen LogP contribution in [0.5, 0.6) is 0 Å². The Labute approximate surface area is 204 Å². The second-order valence-electron chi connectivity index (χ2n) is 9.68. The number of carbonyl (C=O) groups excluding carboxylic acids is 2. The number of alkyl carbamates (subject to hydrolysis) is 1. The van der Waals surface area contributed by atoms with Gasteiger partial charge in [0.15, 0.2) is 0 Å². The molecule has 0 bridgehead atoms. The lowest BCUT2D eigenvalue weighted by atomic mass is 9.89. The number of nitrogens with one attached hydrogen (secondary N) is 1. The van der Waals surface area contributed by atoms with Crippen molar-refractivity contribution in [3.05, 3.63) is 71.8 Å². The topological polar surface area (TPSA) is 95.9 Å². The average Bonchev–Trinajstić information content (AvgIpc) is 3.40. The molecule has 1 heterocycles. The van der Waals surface area contributed by atoms with Crippen molar-refractivity contribution in [1.82, 2.24) is 10.2 Å². The van der Waals surface area contributed by atoms with Gasteiger partial charge in [-0.1, -0.05) is 60.7 Å². The molecule has 35 heavy (non-hydrogen) atoms. The summed E-state index contributed by atoms with van der Waals surface area (Å²) in [5.41, 5.74) is 4.66. The number of rotatable bonds is 5. The molecule has 2 aromatic rings. The normalized spacial score (nSPS) is 25.1. The molecule has 2 N–H and O–H groups in total. The number of likely N-dealkylation sites (tertiary alicyclic amines) is 1. The minimum Gasteiger partial charge on any atom is -0.481 e. The van der Waals surface area contributed by atoms with E-state index in [2.05, 4.69) is 29.6 Å². The van der Waals surface area contributed by atoms with Crippen LogP contribution < -0.4 is 5.32 Å². The highest BCUT2D eigenvalue weighted by Crippen LogP contribution is 2.44. The minimum atomic E-state index is -0.855. The summed E-state index contributed by atoms with van der Waals surface area (Å²) in [6.07, 6.45) is 4.85. The van der Waals surface area contributed by atoms with Crippen LogP contribution in [0.25, 0.3) is 11.1 Å². The molecule has 7 nitrogen and oxygen atoms in total. The zero-order valence-corrected chi connectivity index (χ0v) is 19.7. The maximum Gasteiger partial charge on any atom is 0.407 e. The van der Waals surface area contributed by atoms with Crippen LogP contribution in [0.15, 0.2) is 60.7 Å². The highest BCUT2D eigenvalue weighted by atomic mass is 16.5. The van der Waals surface area contributed by atoms with E-state index in [4.69, 9.17) is 4.74 Å². The standard InChI is InChI=1S/C28H30N2O5/c1-17-20(27(32)33)13-14-30(17)26(31)18-7-6-8-19(15-18)29-28(34)35-16-25-23-11-4-2-9-21(23)22-10-3-5-12-24(22)25/h2-6,8-12,17-20,25H,7,13-16H2,1H3,(H,29,34)(H,32,33)/t17?,18-,19-,20?/m1/s1. The van der Waals surface area contributed by atoms with E-state index in [1.165, 1.54) is 11.1 Å². The Bertz CT molecular complexity index is 1130. The largest absolute Gasteiger partial charge is 0.481 e. The minimum absolute atomic E-state index is 0.0109. The number of hydrogen-bond donors (Lipinski definition) is 2. The number of aliphatic carboxylic acids is 1. The monoisotopic (exact) mass is 474 g/mol. The van der Waals surface area contributed by atoms with Gasteiger partial charge in [0.05, 0.1) is 12.0 Å². The van der Waals surface area contributed by atoms with Crippen LogP contribution in [0, 0.1) is 11.8 Å². The van der Waals surface area contributed by atoms with E-state index in [9.17, 15) is 19.5 Å². The SMILES string of the molecule is CC1C(C(=O)O)CCN1C(=O)[C@@H]1CC=C[C@@H](NC(=O)OCC2c3ccccc3-c3ccccc32)C1. The molecule has 0 radical (unpaired) electrons. The summed E-state index contributed by atoms with van der Waals surface area (Å²) in [6, 6.07) is 15.8. The second-order valence-corrected chi connectivity index (χ2v) is 9.68. The lowest BCUT2D eigenvalue weighted by molar-refractivity contribution is -0.143. The molecule has 0 aromatic heterocycles. The van der Waals surface area contributed by atoms with Crippen molar-refractivity contribution in [2.24, 2.45) is 11.8 Å². The highest BCUT2D eigenvalue weighted by molar-refractivity contribution is 5.82. The number of hydrogen-bond acceptors (Lipinski definition) is 4. The van der Waals surface area contributed by atoms with Gasteiger partial charge in [-0.15, -0.1) is 0 Å². The van der Waals surface area contributed by atoms with Gasteiger partial charge in [-0.3, -0.25) is 9.59 Å². The molecule has 2 unspecified atom stereocenters. The van der Waals surface area contributed by atoms with E-state index < -0.39 is 18.0 Å². The summed E-state index contributed by atoms with van der Waals surface area (Å²) < 4.78 is 5.65. The molecule has 1 fully saturated rings. The van der Waals surface area contributed by atoms with Gasteiger partial charge < -0.3 is 20.1 Å². The van der Waals surface area contributed by atoms with Gasteiger partial charge in [-0.25, -0.2) is 4.79 Å². The molecular formula is C28H30N2O5. The number of amides is 2. The van der Waals surface area contributed by atoms with E-state index in [0.717, 1.165) is 11.1 Å². The molecule has 4 atom stereocenters. The zero-order chi connectivity index (χ0) is 24.5. The second kappa shape index (κ2) is 9.56. The number of carboxylic acid groups (broad SMARTS) is 1. The van der Waals surface area contributed by atoms with Crippen LogP contribution in [0.2, 0.25) is 0 Å². The number of carboxylic acids is 1. The maximum absolute atomic E-state index is 13.1. The molecule has 2 amide bonds. The predicted molar refractivity (Wildman–Crippen MR) is 131 cm³/mol. The quantitative estimate of drug-likeness (QED) is 0.634. The van der Waals surface area contributed by atoms with Crippen molar-refractivity contribution in [3.63, 3.8) is 0 Å². The average molecular weight is 475 g/mol. The highest BCUT2D eigenvalue weighted by Gasteiger charge is 2.40. The third kappa shape index (κ3) is 4.43. The van der Waals surface area contributed by atoms with Gasteiger partial charge in [0.25, 0.3) is 0 Å². The number of benzene rings is 2. The summed E-state index contributed by atoms with van der Waals surface area (Å²) in [4.78, 5) is 38.9. The molecule has 0 saturated carbocycles. The summed E-state index contributed by atoms with van der Waals surface area (Å²) in [7, 11) is 0. The number of ether oxygens (including phenoxy) is 1. The summed E-state index contributed by atoms with van der Waals surface area (Å²) >= 11 is 0. The van der Waals surface area contributed by atoms with Crippen molar-refractivity contribution in [3.8, 4) is 11.1 Å². The Morgan fingerprint density at radius 2 is 1.71 bits per heavy atom. The molecule has 182 valence electrons. The van der Waals surface area contributed by atoms with Crippen LogP contribution in [-0.4, -0.2) is 53.2 Å². The fourth-order valence-electron chi connectivity index (χ4n) is 5.80. The van der Waals surface area contributed by atoms with Crippen molar-refractivity contribution in [2.45, 2.75) is 44.2 Å². The van der Waals surface area contributed by atoms with Crippen LogP contribution in [0.4, 0.5) is 4.79 Å². The Morgan fingerprint density at radius 3 is 2.34 bits per heavy atom. The molecular weight excluding hydrogens is 444 g/mol. The Hall–Kier alpha value is -3.61. The zero-order valence-electron chi connectivity index (χ0n) is 19.7. The van der Waals surface area contributed by atoms with Crippen LogP contribution >= 0.6 is 0 Å². The molecule has 1 aliphatic heterocycles. The first kappa shape index (κ1) is 23.1. The number of fused-ring (bicyclic) bond motifs is 3. The fourth-order valence-corrected chi connectivity index (χ4v) is 5.80. The first-order chi connectivity index (χ1) is 16.9. The molecule has 1 saturated heterocycles. The van der Waals surface area contributed by atoms with Gasteiger partial charge in [0.1, 0.15) is 6.61 Å². The molecule has 5 rings (SSSR count). The lowest BCUT2D eigenvalue weighted by Gasteiger charge is -2.31. The predicted octanol–water partition coefficient (Wildman–Crippen LogP) is 4.18. The summed E-state index contributed by atoms with van der Waals surface area (Å²) in [5, 5.41) is 12.3. The third-order valence-electron chi connectivity index (χ3n) is 7.68. The van der Waals surface area contributed by atoms with Gasteiger partial charge >= 0.3 is 12.1 Å². The van der Waals surface area contributed by atoms with Crippen LogP contribution in [-0.2, 0) is 14.3 Å². The Balaban J connectivity index is 1.18. The van der Waals surface area contributed by atoms with Gasteiger partial charge in [-0.05, 0) is 48.4 Å². The number of carbonyl (C=O) groups is 3. The van der Waals surface area contributed by atoms with Gasteiger partial charge in [-0.2, -0.15) is 0 Å². The van der Waals surface area contributed by atoms with E-state index in [1.54, 1.807) is 11.8 Å². The summed E-state index contributed by atoms with van der Waals surface area (Å²) in [6.45, 7) is 2.50. The van der Waals surface area contributed by atoms with E-state index in [-0.39, 0.29) is 36.4 Å². The van der Waals surface area contributed by atoms with Crippen LogP contribution in [0.1, 0.15) is 43.2 Å². The fraction of sp³-hybridized carbons (Fsp3) is 0.393. The Kier molecular flexibility index (Phi) is 6.32. The first-order valence-corrected chi connectivity index (χ1v) is 12.3. The summed E-state index contributed by atoms with van der Waals surface area (Å²) in [5.74, 6) is -1.71. The van der Waals surface area contributed by atoms with Gasteiger partial charge in [0, 0.05) is 24.4 Å². The third-order valence-corrected chi connectivity index (χ3v) is 7.68. The van der Waals surface area contributed by atoms with E-state index in [1.807, 2.05) is 36.4 Å². The Morgan fingerprint density at radius 1 is 1.06 bits per heavy atom. The van der Waals surface area contributed by atoms with Crippen molar-refractivity contribution >= 4 is 18.0 Å². The smallest absolute Gasteiger partial charge is 0.407 e. The lowest BCUT2D eigenvalue weighted by Crippen LogP contribution is -2.44. The molecule has 2 aliphatic carbocycles. The van der Waals surface area contributed by atoms with Crippen molar-refractivity contribution in [1.29, 1.82) is 0 Å². The number of allylic oxidation sites excluding steroid dienone is 1. The molecule has 0 spiro atoms. The van der Waals surface area contributed by atoms with Crippen molar-refractivity contribution in [2.75, 3.05) is 13.2 Å². The maximum atomic E-state index is 13.1. The van der Waals surface area contributed by atoms with E-state index in [0.29, 0.717) is 25.8 Å². The number of nitrogens with zero attached hydrogens (tertiary/aromatic N) is 1. The van der Waals surface area contributed by atoms with Gasteiger partial charge in [0.2, 0.25) is 5.91 Å². The van der Waals surface area contributed by atoms with E-state index >= 15 is 0 Å².